The molecule has 1 unspecified atom stereocenters. The van der Waals surface area contributed by atoms with E-state index in [-0.39, 0.29) is 17.5 Å². The first kappa shape index (κ1) is 21.4. The molecule has 0 aliphatic heterocycles. The van der Waals surface area contributed by atoms with Crippen LogP contribution in [0.3, 0.4) is 0 Å². The number of thioether (sulfide) groups is 1. The topological polar surface area (TPSA) is 57.6 Å². The Bertz CT molecular complexity index is 459. The third kappa shape index (κ3) is 7.97. The zero-order valence-electron chi connectivity index (χ0n) is 14.5. The average Bonchev–Trinajstić information content (AvgIpc) is 2.51. The number of rotatable bonds is 10. The number of Topliss-reactive ketones (excluding diaryl/α,β-unsaturated/α-hetero) is 2. The number of hydroxylamine groups is 2. The van der Waals surface area contributed by atoms with Crippen LogP contribution in [-0.4, -0.2) is 45.9 Å². The zero-order valence-corrected chi connectivity index (χ0v) is 16.1. The highest BCUT2D eigenvalue weighted by Crippen LogP contribution is 2.30. The van der Waals surface area contributed by atoms with Crippen molar-refractivity contribution in [2.24, 2.45) is 5.92 Å². The second kappa shape index (κ2) is 11.9. The van der Waals surface area contributed by atoms with Crippen molar-refractivity contribution >= 4 is 34.9 Å². The molecule has 0 amide bonds. The number of hydrogen-bond acceptors (Lipinski definition) is 5. The Balaban J connectivity index is 2.42. The molecular formula is C18H28ClNO3S. The molecule has 1 saturated carbocycles. The van der Waals surface area contributed by atoms with Gasteiger partial charge >= 0.3 is 0 Å². The van der Waals surface area contributed by atoms with E-state index in [1.807, 2.05) is 11.8 Å². The van der Waals surface area contributed by atoms with E-state index >= 15 is 0 Å². The Labute approximate surface area is 154 Å². The number of nitrogens with zero attached hydrogens (tertiary/aromatic N) is 1. The van der Waals surface area contributed by atoms with Crippen molar-refractivity contribution in [2.45, 2.75) is 51.2 Å². The average molecular weight is 374 g/mol. The summed E-state index contributed by atoms with van der Waals surface area (Å²) < 4.78 is 0. The summed E-state index contributed by atoms with van der Waals surface area (Å²) in [5, 5.41) is 11.2. The first-order valence-corrected chi connectivity index (χ1v) is 10.0. The summed E-state index contributed by atoms with van der Waals surface area (Å²) in [4.78, 5) is 24.5. The number of ketones is 2. The Kier molecular flexibility index (Phi) is 10.6. The highest BCUT2D eigenvalue weighted by Gasteiger charge is 2.30. The maximum Gasteiger partial charge on any atom is 0.166 e. The summed E-state index contributed by atoms with van der Waals surface area (Å²) >= 11 is 7.27. The third-order valence-corrected chi connectivity index (χ3v) is 5.31. The summed E-state index contributed by atoms with van der Waals surface area (Å²) in [7, 11) is 0. The number of carbonyl (C=O) groups is 2. The summed E-state index contributed by atoms with van der Waals surface area (Å²) in [5.74, 6) is 1.21. The molecular weight excluding hydrogens is 346 g/mol. The van der Waals surface area contributed by atoms with E-state index in [0.717, 1.165) is 17.2 Å². The van der Waals surface area contributed by atoms with Crippen molar-refractivity contribution in [3.05, 3.63) is 23.3 Å². The van der Waals surface area contributed by atoms with Crippen molar-refractivity contribution in [3.8, 4) is 0 Å². The Hall–Kier alpha value is -0.620. The minimum Gasteiger partial charge on any atom is -0.314 e. The van der Waals surface area contributed by atoms with E-state index in [1.165, 1.54) is 5.54 Å². The first-order chi connectivity index (χ1) is 11.5. The highest BCUT2D eigenvalue weighted by atomic mass is 35.5. The van der Waals surface area contributed by atoms with Crippen molar-refractivity contribution in [2.75, 3.05) is 18.8 Å². The fourth-order valence-corrected chi connectivity index (χ4v) is 4.02. The molecule has 1 aliphatic rings. The Morgan fingerprint density at radius 3 is 2.62 bits per heavy atom. The molecule has 0 spiro atoms. The van der Waals surface area contributed by atoms with Crippen LogP contribution in [0.4, 0.5) is 0 Å². The fourth-order valence-electron chi connectivity index (χ4n) is 2.96. The molecule has 0 radical (unpaired) electrons. The van der Waals surface area contributed by atoms with E-state index in [0.29, 0.717) is 49.6 Å². The van der Waals surface area contributed by atoms with E-state index in [4.69, 9.17) is 11.6 Å². The van der Waals surface area contributed by atoms with Crippen molar-refractivity contribution in [1.82, 2.24) is 5.06 Å². The van der Waals surface area contributed by atoms with Crippen molar-refractivity contribution in [1.29, 1.82) is 0 Å². The number of unbranched alkanes of at least 4 members (excludes halogenated alkanes) is 1. The molecule has 0 aromatic carbocycles. The van der Waals surface area contributed by atoms with Gasteiger partial charge < -0.3 is 5.21 Å². The second-order valence-corrected chi connectivity index (χ2v) is 8.12. The third-order valence-electron chi connectivity index (χ3n) is 4.04. The second-order valence-electron chi connectivity index (χ2n) is 6.16. The van der Waals surface area contributed by atoms with Gasteiger partial charge in [-0.1, -0.05) is 37.6 Å². The fraction of sp³-hybridized carbons (Fsp3) is 0.667. The monoisotopic (exact) mass is 373 g/mol. The first-order valence-electron chi connectivity index (χ1n) is 8.55. The maximum absolute atomic E-state index is 12.2. The molecule has 24 heavy (non-hydrogen) atoms. The van der Waals surface area contributed by atoms with Gasteiger partial charge in [0.2, 0.25) is 0 Å². The molecule has 4 nitrogen and oxygen atoms in total. The molecule has 6 heteroatoms. The van der Waals surface area contributed by atoms with Crippen LogP contribution >= 0.6 is 23.4 Å². The normalized spacial score (nSPS) is 20.2. The molecule has 0 heterocycles. The lowest BCUT2D eigenvalue weighted by Crippen LogP contribution is -2.27. The molecule has 1 aliphatic carbocycles. The van der Waals surface area contributed by atoms with Gasteiger partial charge in [0.25, 0.3) is 0 Å². The number of halogens is 1. The molecule has 1 atom stereocenters. The molecule has 0 bridgehead atoms. The van der Waals surface area contributed by atoms with Gasteiger partial charge in [-0.15, -0.1) is 0 Å². The standard InChI is InChI=1S/C18H28ClNO3S/c1-3-24-14(2)11-15-12-17(21)16(18(22)13-15)7-4-5-9-20(23)10-6-8-19/h6-8,14-15,23H,3-5,9-13H2,1-2H3/b8-6+,16-7?. The lowest BCUT2D eigenvalue weighted by atomic mass is 9.81. The van der Waals surface area contributed by atoms with Gasteiger partial charge in [0.05, 0.1) is 5.57 Å². The van der Waals surface area contributed by atoms with Gasteiger partial charge in [-0.3, -0.25) is 9.59 Å². The molecule has 0 aromatic rings. The summed E-state index contributed by atoms with van der Waals surface area (Å²) in [6.07, 6.45) is 6.59. The molecule has 0 aromatic heterocycles. The summed E-state index contributed by atoms with van der Waals surface area (Å²) in [6, 6.07) is 0. The van der Waals surface area contributed by atoms with Crippen LogP contribution in [0.25, 0.3) is 0 Å². The zero-order chi connectivity index (χ0) is 17.9. The van der Waals surface area contributed by atoms with Gasteiger partial charge in [0.1, 0.15) is 0 Å². The lowest BCUT2D eigenvalue weighted by Gasteiger charge is -2.24. The van der Waals surface area contributed by atoms with Gasteiger partial charge in [-0.2, -0.15) is 16.8 Å². The van der Waals surface area contributed by atoms with E-state index in [9.17, 15) is 14.8 Å². The summed E-state index contributed by atoms with van der Waals surface area (Å²) in [6.45, 7) is 5.13. The molecule has 1 N–H and O–H groups in total. The van der Waals surface area contributed by atoms with Crippen LogP contribution in [-0.2, 0) is 9.59 Å². The van der Waals surface area contributed by atoms with Gasteiger partial charge in [0.15, 0.2) is 11.6 Å². The SMILES string of the molecule is CCSC(C)CC1CC(=O)C(=CCCCN(O)C/C=C/Cl)C(=O)C1. The molecule has 136 valence electrons. The van der Waals surface area contributed by atoms with E-state index < -0.39 is 0 Å². The maximum atomic E-state index is 12.2. The molecule has 0 saturated heterocycles. The predicted molar refractivity (Wildman–Crippen MR) is 101 cm³/mol. The molecule has 1 rings (SSSR count). The van der Waals surface area contributed by atoms with Crippen molar-refractivity contribution < 1.29 is 14.8 Å². The van der Waals surface area contributed by atoms with E-state index in [1.54, 1.807) is 12.2 Å². The van der Waals surface area contributed by atoms with Crippen LogP contribution in [0.2, 0.25) is 0 Å². The van der Waals surface area contributed by atoms with Crippen LogP contribution in [0.1, 0.15) is 46.0 Å². The largest absolute Gasteiger partial charge is 0.314 e. The minimum absolute atomic E-state index is 0.0177. The quantitative estimate of drug-likeness (QED) is 0.269. The predicted octanol–water partition coefficient (Wildman–Crippen LogP) is 4.22. The highest BCUT2D eigenvalue weighted by molar-refractivity contribution is 7.99. The molecule has 1 fully saturated rings. The van der Waals surface area contributed by atoms with Gasteiger partial charge in [-0.25, -0.2) is 0 Å². The van der Waals surface area contributed by atoms with Crippen molar-refractivity contribution in [3.63, 3.8) is 0 Å². The van der Waals surface area contributed by atoms with Crippen LogP contribution in [0.15, 0.2) is 23.3 Å². The van der Waals surface area contributed by atoms with Gasteiger partial charge in [-0.05, 0) is 30.9 Å². The Morgan fingerprint density at radius 1 is 1.38 bits per heavy atom. The number of carbonyl (C=O) groups excluding carboxylic acids is 2. The summed E-state index contributed by atoms with van der Waals surface area (Å²) in [5.41, 5.74) is 1.73. The number of allylic oxidation sites excluding steroid dienone is 2. The van der Waals surface area contributed by atoms with Crippen LogP contribution in [0.5, 0.6) is 0 Å². The number of hydrogen-bond donors (Lipinski definition) is 1. The van der Waals surface area contributed by atoms with Gasteiger partial charge in [0, 0.05) is 36.7 Å². The van der Waals surface area contributed by atoms with Crippen LogP contribution < -0.4 is 0 Å². The van der Waals surface area contributed by atoms with Crippen LogP contribution in [0, 0.1) is 5.92 Å². The van der Waals surface area contributed by atoms with E-state index in [2.05, 4.69) is 13.8 Å². The lowest BCUT2D eigenvalue weighted by molar-refractivity contribution is -0.125. The Morgan fingerprint density at radius 2 is 2.04 bits per heavy atom. The minimum atomic E-state index is -0.0177. The smallest absolute Gasteiger partial charge is 0.166 e.